The van der Waals surface area contributed by atoms with E-state index >= 15 is 0 Å². The van der Waals surface area contributed by atoms with Crippen LogP contribution in [-0.2, 0) is 19.6 Å². The number of rotatable bonds is 3. The summed E-state index contributed by atoms with van der Waals surface area (Å²) in [6.07, 6.45) is 0.468. The van der Waals surface area contributed by atoms with E-state index in [9.17, 15) is 13.2 Å². The minimum Gasteiger partial charge on any atom is -0.379 e. The van der Waals surface area contributed by atoms with Crippen LogP contribution >= 0.6 is 0 Å². The molecule has 1 atom stereocenters. The van der Waals surface area contributed by atoms with Crippen molar-refractivity contribution in [3.8, 4) is 0 Å². The van der Waals surface area contributed by atoms with E-state index in [0.29, 0.717) is 44.2 Å². The normalized spacial score (nSPS) is 24.0. The molecule has 7 heteroatoms. The fourth-order valence-corrected chi connectivity index (χ4v) is 4.10. The molecule has 2 heterocycles. The number of carbonyl (C=O) groups excluding carboxylic acids is 1. The Hall–Kier alpha value is -1.44. The molecular weight excluding hydrogens is 292 g/mol. The fourth-order valence-electron chi connectivity index (χ4n) is 2.69. The van der Waals surface area contributed by atoms with Gasteiger partial charge in [-0.25, -0.2) is 8.42 Å². The largest absolute Gasteiger partial charge is 0.379 e. The quantitative estimate of drug-likeness (QED) is 0.872. The summed E-state index contributed by atoms with van der Waals surface area (Å²) in [6, 6.07) is 6.86. The third-order valence-electron chi connectivity index (χ3n) is 3.94. The van der Waals surface area contributed by atoms with Crippen molar-refractivity contribution in [2.45, 2.75) is 17.2 Å². The number of hydrogen-bond donors (Lipinski definition) is 1. The fraction of sp³-hybridized carbons (Fsp3) is 0.500. The second kappa shape index (κ2) is 5.75. The molecule has 0 spiro atoms. The molecule has 0 aromatic heterocycles. The first kappa shape index (κ1) is 14.5. The summed E-state index contributed by atoms with van der Waals surface area (Å²) in [5.41, 5.74) is 0.995. The molecule has 0 saturated carbocycles. The zero-order valence-corrected chi connectivity index (χ0v) is 12.4. The number of nitrogens with zero attached hydrogens (tertiary/aromatic N) is 1. The van der Waals surface area contributed by atoms with Gasteiger partial charge in [0.15, 0.2) is 0 Å². The molecule has 1 amide bonds. The van der Waals surface area contributed by atoms with E-state index < -0.39 is 10.0 Å². The SMILES string of the molecule is O=C1C[C@@H](c2ccc(S(=O)(=O)N3CCOCC3)cc2)CN1. The first-order valence-corrected chi connectivity index (χ1v) is 8.46. The van der Waals surface area contributed by atoms with E-state index in [0.717, 1.165) is 5.56 Å². The molecule has 2 fully saturated rings. The number of amides is 1. The molecule has 1 aromatic carbocycles. The maximum absolute atomic E-state index is 12.5. The van der Waals surface area contributed by atoms with Gasteiger partial charge in [-0.3, -0.25) is 4.79 Å². The van der Waals surface area contributed by atoms with Gasteiger partial charge in [-0.2, -0.15) is 4.31 Å². The number of carbonyl (C=O) groups is 1. The van der Waals surface area contributed by atoms with Crippen molar-refractivity contribution in [2.75, 3.05) is 32.8 Å². The number of benzene rings is 1. The van der Waals surface area contributed by atoms with E-state index in [1.54, 1.807) is 24.3 Å². The molecule has 0 bridgehead atoms. The molecule has 0 aliphatic carbocycles. The van der Waals surface area contributed by atoms with E-state index in [2.05, 4.69) is 5.32 Å². The molecular formula is C14H18N2O4S. The smallest absolute Gasteiger partial charge is 0.243 e. The highest BCUT2D eigenvalue weighted by Crippen LogP contribution is 2.25. The Labute approximate surface area is 124 Å². The second-order valence-electron chi connectivity index (χ2n) is 5.29. The monoisotopic (exact) mass is 310 g/mol. The van der Waals surface area contributed by atoms with Gasteiger partial charge in [0.2, 0.25) is 15.9 Å². The minimum absolute atomic E-state index is 0.0463. The summed E-state index contributed by atoms with van der Waals surface area (Å²) >= 11 is 0. The Balaban J connectivity index is 1.78. The molecule has 0 radical (unpaired) electrons. The van der Waals surface area contributed by atoms with Gasteiger partial charge in [-0.05, 0) is 17.7 Å². The van der Waals surface area contributed by atoms with Crippen LogP contribution in [0.25, 0.3) is 0 Å². The van der Waals surface area contributed by atoms with Crippen LogP contribution in [-0.4, -0.2) is 51.5 Å². The Kier molecular flexibility index (Phi) is 3.97. The minimum atomic E-state index is -3.44. The summed E-state index contributed by atoms with van der Waals surface area (Å²) in [7, 11) is -3.44. The van der Waals surface area contributed by atoms with Gasteiger partial charge in [0.1, 0.15) is 0 Å². The molecule has 6 nitrogen and oxygen atoms in total. The first-order valence-electron chi connectivity index (χ1n) is 7.02. The number of nitrogens with one attached hydrogen (secondary N) is 1. The van der Waals surface area contributed by atoms with Crippen LogP contribution in [0.5, 0.6) is 0 Å². The van der Waals surface area contributed by atoms with Crippen molar-refractivity contribution in [1.82, 2.24) is 9.62 Å². The summed E-state index contributed by atoms with van der Waals surface area (Å²) < 4.78 is 31.6. The van der Waals surface area contributed by atoms with Gasteiger partial charge >= 0.3 is 0 Å². The lowest BCUT2D eigenvalue weighted by Crippen LogP contribution is -2.40. The summed E-state index contributed by atoms with van der Waals surface area (Å²) in [4.78, 5) is 11.5. The average Bonchev–Trinajstić information content (AvgIpc) is 2.95. The molecule has 2 saturated heterocycles. The van der Waals surface area contributed by atoms with Gasteiger partial charge < -0.3 is 10.1 Å². The predicted octanol–water partition coefficient (Wildman–Crippen LogP) is 0.311. The van der Waals surface area contributed by atoms with Crippen LogP contribution in [0.15, 0.2) is 29.2 Å². The van der Waals surface area contributed by atoms with Gasteiger partial charge in [-0.1, -0.05) is 12.1 Å². The van der Waals surface area contributed by atoms with Crippen LogP contribution < -0.4 is 5.32 Å². The van der Waals surface area contributed by atoms with Gasteiger partial charge in [0, 0.05) is 32.0 Å². The standard InChI is InChI=1S/C14H18N2O4S/c17-14-9-12(10-15-14)11-1-3-13(4-2-11)21(18,19)16-5-7-20-8-6-16/h1-4,12H,5-10H2,(H,15,17)/t12-/m1/s1. The molecule has 2 aliphatic heterocycles. The molecule has 1 aromatic rings. The first-order chi connectivity index (χ1) is 10.1. The summed E-state index contributed by atoms with van der Waals surface area (Å²) in [5.74, 6) is 0.183. The van der Waals surface area contributed by atoms with Crippen molar-refractivity contribution < 1.29 is 17.9 Å². The van der Waals surface area contributed by atoms with Crippen LogP contribution in [0.4, 0.5) is 0 Å². The number of sulfonamides is 1. The highest BCUT2D eigenvalue weighted by Gasteiger charge is 2.27. The van der Waals surface area contributed by atoms with Gasteiger partial charge in [-0.15, -0.1) is 0 Å². The van der Waals surface area contributed by atoms with Gasteiger partial charge in [0.05, 0.1) is 18.1 Å². The van der Waals surface area contributed by atoms with E-state index in [1.807, 2.05) is 0 Å². The molecule has 1 N–H and O–H groups in total. The Morgan fingerprint density at radius 1 is 1.14 bits per heavy atom. The van der Waals surface area contributed by atoms with Crippen LogP contribution in [0, 0.1) is 0 Å². The molecule has 21 heavy (non-hydrogen) atoms. The maximum atomic E-state index is 12.5. The molecule has 0 unspecified atom stereocenters. The number of ether oxygens (including phenoxy) is 1. The van der Waals surface area contributed by atoms with E-state index in [1.165, 1.54) is 4.31 Å². The number of morpholine rings is 1. The van der Waals surface area contributed by atoms with Crippen LogP contribution in [0.1, 0.15) is 17.9 Å². The Bertz CT molecular complexity index is 621. The highest BCUT2D eigenvalue weighted by atomic mass is 32.2. The van der Waals surface area contributed by atoms with Crippen molar-refractivity contribution >= 4 is 15.9 Å². The van der Waals surface area contributed by atoms with Gasteiger partial charge in [0.25, 0.3) is 0 Å². The number of hydrogen-bond acceptors (Lipinski definition) is 4. The second-order valence-corrected chi connectivity index (χ2v) is 7.23. The van der Waals surface area contributed by atoms with Crippen LogP contribution in [0.2, 0.25) is 0 Å². The topological polar surface area (TPSA) is 75.7 Å². The molecule has 114 valence electrons. The molecule has 2 aliphatic rings. The zero-order valence-electron chi connectivity index (χ0n) is 11.6. The summed E-state index contributed by atoms with van der Waals surface area (Å²) in [5, 5.41) is 2.79. The van der Waals surface area contributed by atoms with Crippen molar-refractivity contribution in [1.29, 1.82) is 0 Å². The maximum Gasteiger partial charge on any atom is 0.243 e. The van der Waals surface area contributed by atoms with Crippen LogP contribution in [0.3, 0.4) is 0 Å². The Morgan fingerprint density at radius 3 is 2.38 bits per heavy atom. The van der Waals surface area contributed by atoms with Crippen molar-refractivity contribution in [3.05, 3.63) is 29.8 Å². The highest BCUT2D eigenvalue weighted by molar-refractivity contribution is 7.89. The third kappa shape index (κ3) is 2.95. The zero-order chi connectivity index (χ0) is 14.9. The average molecular weight is 310 g/mol. The Morgan fingerprint density at radius 2 is 1.81 bits per heavy atom. The van der Waals surface area contributed by atoms with Crippen molar-refractivity contribution in [2.24, 2.45) is 0 Å². The lowest BCUT2D eigenvalue weighted by molar-refractivity contribution is -0.119. The third-order valence-corrected chi connectivity index (χ3v) is 5.85. The van der Waals surface area contributed by atoms with Crippen molar-refractivity contribution in [3.63, 3.8) is 0 Å². The molecule has 3 rings (SSSR count). The van der Waals surface area contributed by atoms with E-state index in [4.69, 9.17) is 4.74 Å². The predicted molar refractivity (Wildman–Crippen MR) is 76.4 cm³/mol. The lowest BCUT2D eigenvalue weighted by atomic mass is 9.99. The lowest BCUT2D eigenvalue weighted by Gasteiger charge is -2.26. The van der Waals surface area contributed by atoms with E-state index in [-0.39, 0.29) is 11.8 Å². The summed E-state index contributed by atoms with van der Waals surface area (Å²) in [6.45, 7) is 2.28.